The van der Waals surface area contributed by atoms with E-state index in [0.717, 1.165) is 27.9 Å². The molecule has 2 heterocycles. The van der Waals surface area contributed by atoms with Crippen LogP contribution in [0.15, 0.2) is 48.8 Å². The lowest BCUT2D eigenvalue weighted by Crippen LogP contribution is -2.13. The molecule has 0 radical (unpaired) electrons. The number of aryl methyl sites for hydroxylation is 2. The molecule has 0 aliphatic heterocycles. The lowest BCUT2D eigenvalue weighted by molar-refractivity contribution is 0.102. The van der Waals surface area contributed by atoms with Gasteiger partial charge in [0, 0.05) is 23.7 Å². The second-order valence-electron chi connectivity index (χ2n) is 5.92. The minimum Gasteiger partial charge on any atom is -0.321 e. The van der Waals surface area contributed by atoms with Gasteiger partial charge < -0.3 is 9.88 Å². The average Bonchev–Trinajstić information content (AvgIpc) is 3.20. The molecule has 0 atom stereocenters. The highest BCUT2D eigenvalue weighted by molar-refractivity contribution is 6.11. The molecule has 0 aliphatic carbocycles. The summed E-state index contributed by atoms with van der Waals surface area (Å²) in [6.07, 6.45) is 1.64. The molecule has 0 saturated heterocycles. The lowest BCUT2D eigenvalue weighted by atomic mass is 10.1. The zero-order valence-corrected chi connectivity index (χ0v) is 13.8. The van der Waals surface area contributed by atoms with E-state index in [1.807, 2.05) is 61.0 Å². The molecule has 0 fully saturated rings. The van der Waals surface area contributed by atoms with Crippen molar-refractivity contribution in [3.63, 3.8) is 0 Å². The van der Waals surface area contributed by atoms with Crippen molar-refractivity contribution in [3.05, 3.63) is 60.0 Å². The van der Waals surface area contributed by atoms with Gasteiger partial charge >= 0.3 is 0 Å². The molecule has 124 valence electrons. The van der Waals surface area contributed by atoms with Crippen molar-refractivity contribution in [2.75, 3.05) is 5.32 Å². The van der Waals surface area contributed by atoms with E-state index in [0.29, 0.717) is 11.4 Å². The summed E-state index contributed by atoms with van der Waals surface area (Å²) < 4.78 is 1.82. The highest BCUT2D eigenvalue weighted by Crippen LogP contribution is 2.22. The van der Waals surface area contributed by atoms with Crippen LogP contribution in [-0.4, -0.2) is 30.9 Å². The van der Waals surface area contributed by atoms with Crippen molar-refractivity contribution in [1.29, 1.82) is 0 Å². The molecule has 2 aromatic heterocycles. The zero-order valence-electron chi connectivity index (χ0n) is 13.8. The molecule has 7 heteroatoms. The Morgan fingerprint density at radius 3 is 2.88 bits per heavy atom. The van der Waals surface area contributed by atoms with Gasteiger partial charge in [0.1, 0.15) is 6.33 Å². The molecule has 0 spiro atoms. The van der Waals surface area contributed by atoms with Crippen LogP contribution in [-0.2, 0) is 7.05 Å². The van der Waals surface area contributed by atoms with E-state index in [-0.39, 0.29) is 5.91 Å². The van der Waals surface area contributed by atoms with Gasteiger partial charge in [-0.1, -0.05) is 23.8 Å². The Morgan fingerprint density at radius 1 is 1.20 bits per heavy atom. The average molecular weight is 332 g/mol. The minimum atomic E-state index is -0.257. The number of hydrogen-bond donors (Lipinski definition) is 2. The fourth-order valence-electron chi connectivity index (χ4n) is 2.77. The van der Waals surface area contributed by atoms with Gasteiger partial charge in [-0.25, -0.2) is 0 Å². The van der Waals surface area contributed by atoms with Gasteiger partial charge in [0.05, 0.1) is 5.52 Å². The summed E-state index contributed by atoms with van der Waals surface area (Å²) in [5.41, 5.74) is 3.84. The second-order valence-corrected chi connectivity index (χ2v) is 5.92. The van der Waals surface area contributed by atoms with E-state index < -0.39 is 0 Å². The first-order chi connectivity index (χ1) is 12.1. The number of carbonyl (C=O) groups excluding carboxylic acids is 1. The summed E-state index contributed by atoms with van der Waals surface area (Å²) >= 11 is 0. The third kappa shape index (κ3) is 2.76. The molecule has 0 aliphatic rings. The zero-order chi connectivity index (χ0) is 17.4. The third-order valence-corrected chi connectivity index (χ3v) is 4.02. The fraction of sp³-hybridized carbons (Fsp3) is 0.111. The van der Waals surface area contributed by atoms with Crippen LogP contribution in [0.5, 0.6) is 0 Å². The maximum Gasteiger partial charge on any atom is 0.276 e. The van der Waals surface area contributed by atoms with Crippen molar-refractivity contribution in [2.24, 2.45) is 7.05 Å². The molecule has 0 saturated carbocycles. The van der Waals surface area contributed by atoms with E-state index in [9.17, 15) is 4.79 Å². The Bertz CT molecular complexity index is 1080. The predicted molar refractivity (Wildman–Crippen MR) is 95.2 cm³/mol. The van der Waals surface area contributed by atoms with Gasteiger partial charge in [-0.2, -0.15) is 5.10 Å². The number of rotatable bonds is 3. The molecule has 2 N–H and O–H groups in total. The van der Waals surface area contributed by atoms with E-state index in [1.165, 1.54) is 0 Å². The summed E-state index contributed by atoms with van der Waals surface area (Å²) in [5, 5.41) is 18.7. The summed E-state index contributed by atoms with van der Waals surface area (Å²) in [5.74, 6) is 0.476. The number of hydrogen-bond acceptors (Lipinski definition) is 4. The first kappa shape index (κ1) is 15.1. The Kier molecular flexibility index (Phi) is 3.53. The third-order valence-electron chi connectivity index (χ3n) is 4.02. The van der Waals surface area contributed by atoms with Crippen LogP contribution in [0.25, 0.3) is 22.3 Å². The number of benzene rings is 2. The highest BCUT2D eigenvalue weighted by atomic mass is 16.1. The standard InChI is InChI=1S/C18H16N6O/c1-11-6-7-15-14(8-11)16(22-21-15)18(25)20-13-5-3-4-12(9-13)17-23-19-10-24(17)2/h3-10H,1-2H3,(H,20,25)(H,21,22). The van der Waals surface area contributed by atoms with Crippen LogP contribution >= 0.6 is 0 Å². The van der Waals surface area contributed by atoms with Crippen molar-refractivity contribution >= 4 is 22.5 Å². The van der Waals surface area contributed by atoms with Crippen molar-refractivity contribution in [3.8, 4) is 11.4 Å². The summed E-state index contributed by atoms with van der Waals surface area (Å²) in [6, 6.07) is 13.3. The number of aromatic amines is 1. The number of nitrogens with one attached hydrogen (secondary N) is 2. The maximum absolute atomic E-state index is 12.6. The molecule has 4 rings (SSSR count). The normalized spacial score (nSPS) is 11.0. The SMILES string of the molecule is Cc1ccc2[nH]nc(C(=O)Nc3cccc(-c4nncn4C)c3)c2c1. The van der Waals surface area contributed by atoms with E-state index in [4.69, 9.17) is 0 Å². The fourth-order valence-corrected chi connectivity index (χ4v) is 2.77. The Morgan fingerprint density at radius 2 is 2.08 bits per heavy atom. The molecule has 1 amide bonds. The van der Waals surface area contributed by atoms with Crippen LogP contribution in [0.2, 0.25) is 0 Å². The molecule has 7 nitrogen and oxygen atoms in total. The molecule has 25 heavy (non-hydrogen) atoms. The quantitative estimate of drug-likeness (QED) is 0.604. The lowest BCUT2D eigenvalue weighted by Gasteiger charge is -2.06. The largest absolute Gasteiger partial charge is 0.321 e. The molecule has 0 unspecified atom stereocenters. The number of aromatic nitrogens is 5. The van der Waals surface area contributed by atoms with E-state index in [1.54, 1.807) is 6.33 Å². The van der Waals surface area contributed by atoms with Gasteiger partial charge in [-0.05, 0) is 31.2 Å². The van der Waals surface area contributed by atoms with Crippen LogP contribution in [0, 0.1) is 6.92 Å². The first-order valence-corrected chi connectivity index (χ1v) is 7.82. The van der Waals surface area contributed by atoms with Crippen LogP contribution < -0.4 is 5.32 Å². The highest BCUT2D eigenvalue weighted by Gasteiger charge is 2.15. The number of amides is 1. The van der Waals surface area contributed by atoms with Gasteiger partial charge in [0.15, 0.2) is 11.5 Å². The topological polar surface area (TPSA) is 88.5 Å². The maximum atomic E-state index is 12.6. The number of anilines is 1. The van der Waals surface area contributed by atoms with Crippen LogP contribution in [0.1, 0.15) is 16.1 Å². The number of H-pyrrole nitrogens is 1. The van der Waals surface area contributed by atoms with Crippen molar-refractivity contribution < 1.29 is 4.79 Å². The number of fused-ring (bicyclic) bond motifs is 1. The van der Waals surface area contributed by atoms with Crippen molar-refractivity contribution in [1.82, 2.24) is 25.0 Å². The van der Waals surface area contributed by atoms with E-state index in [2.05, 4.69) is 25.7 Å². The monoisotopic (exact) mass is 332 g/mol. The van der Waals surface area contributed by atoms with Crippen LogP contribution in [0.4, 0.5) is 5.69 Å². The minimum absolute atomic E-state index is 0.257. The second kappa shape index (κ2) is 5.86. The molecular weight excluding hydrogens is 316 g/mol. The number of carbonyl (C=O) groups is 1. The van der Waals surface area contributed by atoms with Gasteiger partial charge in [0.2, 0.25) is 0 Å². The smallest absolute Gasteiger partial charge is 0.276 e. The predicted octanol–water partition coefficient (Wildman–Crippen LogP) is 2.92. The van der Waals surface area contributed by atoms with Gasteiger partial charge in [0.25, 0.3) is 5.91 Å². The summed E-state index contributed by atoms with van der Waals surface area (Å²) in [6.45, 7) is 1.98. The Hall–Kier alpha value is -3.48. The molecular formula is C18H16N6O. The van der Waals surface area contributed by atoms with Crippen molar-refractivity contribution in [2.45, 2.75) is 6.92 Å². The molecule has 2 aromatic carbocycles. The molecule has 4 aromatic rings. The van der Waals surface area contributed by atoms with Crippen LogP contribution in [0.3, 0.4) is 0 Å². The van der Waals surface area contributed by atoms with E-state index >= 15 is 0 Å². The van der Waals surface area contributed by atoms with Gasteiger partial charge in [-0.15, -0.1) is 10.2 Å². The summed E-state index contributed by atoms with van der Waals surface area (Å²) in [4.78, 5) is 12.6. The van der Waals surface area contributed by atoms with Gasteiger partial charge in [-0.3, -0.25) is 9.89 Å². The summed E-state index contributed by atoms with van der Waals surface area (Å²) in [7, 11) is 1.87. The Labute approximate surface area is 143 Å². The molecule has 0 bridgehead atoms. The first-order valence-electron chi connectivity index (χ1n) is 7.82. The Balaban J connectivity index is 1.64. The number of nitrogens with zero attached hydrogens (tertiary/aromatic N) is 4.